The number of thioether (sulfide) groups is 1. The van der Waals surface area contributed by atoms with Crippen molar-refractivity contribution in [3.05, 3.63) is 0 Å². The summed E-state index contributed by atoms with van der Waals surface area (Å²) < 4.78 is -1.46. The van der Waals surface area contributed by atoms with Crippen molar-refractivity contribution in [2.45, 2.75) is 32.9 Å². The molecule has 0 spiro atoms. The van der Waals surface area contributed by atoms with Gasteiger partial charge in [0.2, 0.25) is 2.88 Å². The van der Waals surface area contributed by atoms with Crippen molar-refractivity contribution in [1.29, 1.82) is 0 Å². The van der Waals surface area contributed by atoms with Crippen molar-refractivity contribution in [2.24, 2.45) is 0 Å². The quantitative estimate of drug-likeness (QED) is 0.315. The van der Waals surface area contributed by atoms with Gasteiger partial charge < -0.3 is 10.0 Å². The van der Waals surface area contributed by atoms with Gasteiger partial charge in [-0.25, -0.2) is 4.79 Å². The van der Waals surface area contributed by atoms with Gasteiger partial charge in [0.05, 0.1) is 0 Å². The number of rotatable bonds is 1. The third kappa shape index (κ3) is 1.93. The Morgan fingerprint density at radius 2 is 2.12 bits per heavy atom. The number of hydrogen-bond donors (Lipinski definition) is 1. The van der Waals surface area contributed by atoms with Crippen molar-refractivity contribution in [3.63, 3.8) is 0 Å². The predicted molar refractivity (Wildman–Crippen MR) is 73.5 cm³/mol. The second-order valence-corrected chi connectivity index (χ2v) is 8.82. The molecular formula is C8H10ClINNaO3S. The molecule has 0 saturated carbocycles. The molecule has 2 heterocycles. The molecule has 0 aromatic carbocycles. The molecule has 1 unspecified atom stereocenters. The Bertz CT molecular complexity index is 365. The molecule has 16 heavy (non-hydrogen) atoms. The number of aliphatic carboxylic acids is 1. The van der Waals surface area contributed by atoms with Crippen LogP contribution in [0.15, 0.2) is 0 Å². The molecule has 2 rings (SSSR count). The molecule has 4 nitrogen and oxygen atoms in total. The standard InChI is InChI=1S/C8H9ClINO3S.Na.H/c1-7(2)3(4(12)13)11-5(14)8(9,10)6(11)15-7;;/h3,6H,1-2H3,(H,12,13);;/t3-,6+,8?;;/m0../s1. The van der Waals surface area contributed by atoms with E-state index in [2.05, 4.69) is 0 Å². The zero-order chi connectivity index (χ0) is 11.6. The molecule has 0 aliphatic carbocycles. The van der Waals surface area contributed by atoms with Crippen LogP contribution in [0, 0.1) is 0 Å². The summed E-state index contributed by atoms with van der Waals surface area (Å²) in [5, 5.41) is 8.87. The van der Waals surface area contributed by atoms with Crippen LogP contribution in [0.25, 0.3) is 0 Å². The zero-order valence-corrected chi connectivity index (χ0v) is 11.8. The number of halogens is 2. The number of carbonyl (C=O) groups excluding carboxylic acids is 1. The van der Waals surface area contributed by atoms with Crippen molar-refractivity contribution in [2.75, 3.05) is 0 Å². The fourth-order valence-electron chi connectivity index (χ4n) is 1.98. The van der Waals surface area contributed by atoms with Crippen molar-refractivity contribution in [1.82, 2.24) is 4.90 Å². The number of alkyl halides is 2. The number of hydrogen-bond acceptors (Lipinski definition) is 3. The van der Waals surface area contributed by atoms with Gasteiger partial charge in [0.25, 0.3) is 5.91 Å². The molecule has 0 radical (unpaired) electrons. The molecule has 8 heteroatoms. The molecule has 86 valence electrons. The number of carbonyl (C=O) groups is 2. The van der Waals surface area contributed by atoms with E-state index in [1.807, 2.05) is 36.4 Å². The van der Waals surface area contributed by atoms with E-state index in [0.717, 1.165) is 0 Å². The third-order valence-corrected chi connectivity index (χ3v) is 6.27. The SMILES string of the molecule is CC1(C)S[C@H]2N(C(=O)C2(Cl)I)[C@H]1C(=O)O.[NaH]. The van der Waals surface area contributed by atoms with E-state index in [-0.39, 0.29) is 40.8 Å². The first kappa shape index (κ1) is 15.4. The number of nitrogens with zero attached hydrogens (tertiary/aromatic N) is 1. The van der Waals surface area contributed by atoms with Gasteiger partial charge in [-0.1, -0.05) is 11.6 Å². The van der Waals surface area contributed by atoms with E-state index >= 15 is 0 Å². The molecule has 2 aliphatic heterocycles. The van der Waals surface area contributed by atoms with Crippen LogP contribution < -0.4 is 0 Å². The second kappa shape index (κ2) is 4.45. The predicted octanol–water partition coefficient (Wildman–Crippen LogP) is 0.855. The molecule has 2 saturated heterocycles. The van der Waals surface area contributed by atoms with Crippen molar-refractivity contribution in [3.8, 4) is 0 Å². The molecule has 1 N–H and O–H groups in total. The average molecular weight is 386 g/mol. The number of fused-ring (bicyclic) bond motifs is 1. The number of amides is 1. The van der Waals surface area contributed by atoms with E-state index < -0.39 is 19.6 Å². The average Bonchev–Trinajstić information content (AvgIpc) is 2.35. The molecule has 0 bridgehead atoms. The van der Waals surface area contributed by atoms with E-state index in [1.165, 1.54) is 16.7 Å². The molecule has 2 aliphatic rings. The maximum atomic E-state index is 11.7. The van der Waals surface area contributed by atoms with Crippen LogP contribution in [0.2, 0.25) is 0 Å². The molecule has 1 amide bonds. The van der Waals surface area contributed by atoms with Gasteiger partial charge >= 0.3 is 35.5 Å². The summed E-state index contributed by atoms with van der Waals surface area (Å²) >= 11 is 9.37. The molecule has 3 atom stereocenters. The van der Waals surface area contributed by atoms with Gasteiger partial charge in [-0.05, 0) is 36.4 Å². The summed E-state index contributed by atoms with van der Waals surface area (Å²) in [4.78, 5) is 24.2. The Morgan fingerprint density at radius 1 is 1.62 bits per heavy atom. The first-order valence-electron chi connectivity index (χ1n) is 4.31. The van der Waals surface area contributed by atoms with Crippen LogP contribution in [0.4, 0.5) is 0 Å². The molecule has 0 aromatic heterocycles. The van der Waals surface area contributed by atoms with Gasteiger partial charge in [-0.15, -0.1) is 11.8 Å². The number of carboxylic acid groups (broad SMARTS) is 1. The Hall–Kier alpha value is 1.31. The molecule has 0 aromatic rings. The van der Waals surface area contributed by atoms with Gasteiger partial charge in [0.15, 0.2) is 0 Å². The molecular weight excluding hydrogens is 376 g/mol. The van der Waals surface area contributed by atoms with Gasteiger partial charge in [-0.3, -0.25) is 4.79 Å². The summed E-state index contributed by atoms with van der Waals surface area (Å²) in [7, 11) is 0. The fraction of sp³-hybridized carbons (Fsp3) is 0.750. The fourth-order valence-corrected chi connectivity index (χ4v) is 4.77. The Balaban J connectivity index is 0.00000128. The topological polar surface area (TPSA) is 57.6 Å². The maximum absolute atomic E-state index is 11.7. The van der Waals surface area contributed by atoms with Crippen LogP contribution >= 0.6 is 46.0 Å². The van der Waals surface area contributed by atoms with E-state index in [0.29, 0.717) is 0 Å². The minimum atomic E-state index is -0.968. The zero-order valence-electron chi connectivity index (χ0n) is 8.03. The Morgan fingerprint density at radius 3 is 2.56 bits per heavy atom. The second-order valence-electron chi connectivity index (χ2n) is 4.15. The van der Waals surface area contributed by atoms with E-state index in [4.69, 9.17) is 16.7 Å². The summed E-state index contributed by atoms with van der Waals surface area (Å²) in [6.07, 6.45) is 0. The van der Waals surface area contributed by atoms with Gasteiger partial charge in [0, 0.05) is 4.75 Å². The number of carboxylic acids is 1. The van der Waals surface area contributed by atoms with Crippen molar-refractivity contribution >= 4 is 87.4 Å². The first-order chi connectivity index (χ1) is 6.69. The first-order valence-corrected chi connectivity index (χ1v) is 6.64. The van der Waals surface area contributed by atoms with Crippen LogP contribution in [-0.4, -0.2) is 70.5 Å². The Kier molecular flexibility index (Phi) is 4.27. The molecule has 2 fully saturated rings. The van der Waals surface area contributed by atoms with Crippen LogP contribution in [-0.2, 0) is 9.59 Å². The Labute approximate surface area is 138 Å². The van der Waals surface area contributed by atoms with Crippen molar-refractivity contribution < 1.29 is 14.7 Å². The third-order valence-electron chi connectivity index (χ3n) is 2.67. The van der Waals surface area contributed by atoms with E-state index in [1.54, 1.807) is 0 Å². The van der Waals surface area contributed by atoms with Gasteiger partial charge in [0.1, 0.15) is 11.4 Å². The van der Waals surface area contributed by atoms with Crippen LogP contribution in [0.5, 0.6) is 0 Å². The summed E-state index contributed by atoms with van der Waals surface area (Å²) in [5.41, 5.74) is 0. The summed E-state index contributed by atoms with van der Waals surface area (Å²) in [6, 6.07) is -0.776. The van der Waals surface area contributed by atoms with Gasteiger partial charge in [-0.2, -0.15) is 0 Å². The van der Waals surface area contributed by atoms with Crippen LogP contribution in [0.3, 0.4) is 0 Å². The normalized spacial score (nSPS) is 39.8. The van der Waals surface area contributed by atoms with Crippen LogP contribution in [0.1, 0.15) is 13.8 Å². The minimum absolute atomic E-state index is 0. The summed E-state index contributed by atoms with van der Waals surface area (Å²) in [6.45, 7) is 3.65. The monoisotopic (exact) mass is 385 g/mol. The number of β-lactam (4-membered cyclic amide) rings is 1. The summed E-state index contributed by atoms with van der Waals surface area (Å²) in [5.74, 6) is -1.26. The van der Waals surface area contributed by atoms with E-state index in [9.17, 15) is 9.59 Å².